The maximum absolute atomic E-state index is 13.9. The van der Waals surface area contributed by atoms with Gasteiger partial charge in [0.15, 0.2) is 5.96 Å². The number of nitrogens with zero attached hydrogens (tertiary/aromatic N) is 3. The molecule has 0 saturated carbocycles. The summed E-state index contributed by atoms with van der Waals surface area (Å²) in [5.41, 5.74) is 0.790. The van der Waals surface area contributed by atoms with Gasteiger partial charge in [-0.15, -0.1) is 24.0 Å². The van der Waals surface area contributed by atoms with Crippen LogP contribution in [0.5, 0.6) is 0 Å². The molecule has 29 heavy (non-hydrogen) atoms. The third-order valence-corrected chi connectivity index (χ3v) is 5.56. The molecule has 7 nitrogen and oxygen atoms in total. The Labute approximate surface area is 189 Å². The standard InChI is InChI=1S/C19H28FN5O2S.HI/c1-3-22-19(23-14-16-12-15(13-21)4-5-18(16)20)24-17-6-8-25(9-7-17)10-11-28(2,26)27;/h4-5,12,17H,3,6-11,14H2,1-2H3,(H2,22,23,24);1H. The summed E-state index contributed by atoms with van der Waals surface area (Å²) in [6, 6.07) is 6.48. The molecule has 0 aromatic heterocycles. The predicted molar refractivity (Wildman–Crippen MR) is 124 cm³/mol. The first-order valence-electron chi connectivity index (χ1n) is 9.44. The molecule has 1 fully saturated rings. The van der Waals surface area contributed by atoms with Crippen LogP contribution in [0.1, 0.15) is 30.9 Å². The molecule has 0 radical (unpaired) electrons. The lowest BCUT2D eigenvalue weighted by Crippen LogP contribution is -2.49. The molecule has 0 atom stereocenters. The molecule has 2 N–H and O–H groups in total. The normalized spacial score (nSPS) is 16.0. The average molecular weight is 537 g/mol. The number of aliphatic imine (C=N–C) groups is 1. The fraction of sp³-hybridized carbons (Fsp3) is 0.579. The lowest BCUT2D eigenvalue weighted by Gasteiger charge is -2.32. The number of halogens is 2. The van der Waals surface area contributed by atoms with Crippen molar-refractivity contribution in [2.45, 2.75) is 32.4 Å². The quantitative estimate of drug-likeness (QED) is 0.313. The van der Waals surface area contributed by atoms with E-state index in [1.807, 2.05) is 13.0 Å². The summed E-state index contributed by atoms with van der Waals surface area (Å²) >= 11 is 0. The van der Waals surface area contributed by atoms with Gasteiger partial charge in [-0.05, 0) is 38.0 Å². The first-order chi connectivity index (χ1) is 13.3. The van der Waals surface area contributed by atoms with E-state index in [9.17, 15) is 12.8 Å². The van der Waals surface area contributed by atoms with E-state index in [-0.39, 0.29) is 48.1 Å². The first kappa shape index (κ1) is 25.6. The van der Waals surface area contributed by atoms with Crippen LogP contribution < -0.4 is 10.6 Å². The molecule has 0 amide bonds. The van der Waals surface area contributed by atoms with E-state index in [1.54, 1.807) is 0 Å². The molecule has 1 aromatic rings. The van der Waals surface area contributed by atoms with Crippen LogP contribution in [0.4, 0.5) is 4.39 Å². The Balaban J connectivity index is 0.00000420. The van der Waals surface area contributed by atoms with E-state index in [2.05, 4.69) is 20.5 Å². The molecule has 2 rings (SSSR count). The van der Waals surface area contributed by atoms with Crippen LogP contribution in [0.25, 0.3) is 0 Å². The highest BCUT2D eigenvalue weighted by Gasteiger charge is 2.20. The topological polar surface area (TPSA) is 97.6 Å². The fourth-order valence-corrected chi connectivity index (χ4v) is 3.63. The molecular formula is C19H29FIN5O2S. The average Bonchev–Trinajstić information content (AvgIpc) is 2.66. The maximum Gasteiger partial charge on any atom is 0.191 e. The molecule has 0 spiro atoms. The van der Waals surface area contributed by atoms with Gasteiger partial charge in [-0.25, -0.2) is 17.8 Å². The Morgan fingerprint density at radius 2 is 2.07 bits per heavy atom. The molecule has 10 heteroatoms. The van der Waals surface area contributed by atoms with Crippen LogP contribution >= 0.6 is 24.0 Å². The summed E-state index contributed by atoms with van der Waals surface area (Å²) in [7, 11) is -2.94. The summed E-state index contributed by atoms with van der Waals surface area (Å²) < 4.78 is 36.5. The second-order valence-corrected chi connectivity index (χ2v) is 9.26. The Bertz CT molecular complexity index is 833. The zero-order chi connectivity index (χ0) is 20.6. The second-order valence-electron chi connectivity index (χ2n) is 7.00. The van der Waals surface area contributed by atoms with Crippen molar-refractivity contribution in [3.63, 3.8) is 0 Å². The van der Waals surface area contributed by atoms with E-state index < -0.39 is 9.84 Å². The molecule has 1 aromatic carbocycles. The smallest absolute Gasteiger partial charge is 0.191 e. The summed E-state index contributed by atoms with van der Waals surface area (Å²) in [6.07, 6.45) is 3.02. The Kier molecular flexibility index (Phi) is 10.8. The number of guanidine groups is 1. The monoisotopic (exact) mass is 537 g/mol. The van der Waals surface area contributed by atoms with Gasteiger partial charge in [0.1, 0.15) is 15.7 Å². The second kappa shape index (κ2) is 12.3. The zero-order valence-electron chi connectivity index (χ0n) is 16.8. The Morgan fingerprint density at radius 3 is 2.66 bits per heavy atom. The fourth-order valence-electron chi connectivity index (χ4n) is 3.04. The maximum atomic E-state index is 13.9. The molecule has 1 heterocycles. The van der Waals surface area contributed by atoms with Gasteiger partial charge in [0.2, 0.25) is 0 Å². The van der Waals surface area contributed by atoms with Crippen molar-refractivity contribution in [3.8, 4) is 6.07 Å². The van der Waals surface area contributed by atoms with Crippen molar-refractivity contribution < 1.29 is 12.8 Å². The van der Waals surface area contributed by atoms with Crippen molar-refractivity contribution in [2.75, 3.05) is 38.2 Å². The van der Waals surface area contributed by atoms with Crippen LogP contribution in [0.15, 0.2) is 23.2 Å². The highest BCUT2D eigenvalue weighted by Crippen LogP contribution is 2.12. The molecule has 1 aliphatic heterocycles. The SMILES string of the molecule is CCNC(=NCc1cc(C#N)ccc1F)NC1CCN(CCS(C)(=O)=O)CC1.I. The summed E-state index contributed by atoms with van der Waals surface area (Å²) in [5.74, 6) is 0.416. The van der Waals surface area contributed by atoms with Crippen molar-refractivity contribution >= 4 is 39.8 Å². The molecule has 0 unspecified atom stereocenters. The minimum atomic E-state index is -2.94. The van der Waals surface area contributed by atoms with Gasteiger partial charge in [0.05, 0.1) is 23.9 Å². The van der Waals surface area contributed by atoms with Gasteiger partial charge in [-0.3, -0.25) is 0 Å². The minimum Gasteiger partial charge on any atom is -0.357 e. The van der Waals surface area contributed by atoms with Crippen LogP contribution in [0.2, 0.25) is 0 Å². The van der Waals surface area contributed by atoms with Crippen LogP contribution in [0.3, 0.4) is 0 Å². The number of piperidine rings is 1. The number of nitrogens with one attached hydrogen (secondary N) is 2. The summed E-state index contributed by atoms with van der Waals surface area (Å²) in [6.45, 7) is 5.00. The van der Waals surface area contributed by atoms with E-state index in [0.717, 1.165) is 25.9 Å². The lowest BCUT2D eigenvalue weighted by atomic mass is 10.1. The largest absolute Gasteiger partial charge is 0.357 e. The molecule has 162 valence electrons. The number of hydrogen-bond donors (Lipinski definition) is 2. The molecular weight excluding hydrogens is 508 g/mol. The van der Waals surface area contributed by atoms with E-state index in [4.69, 9.17) is 5.26 Å². The number of hydrogen-bond acceptors (Lipinski definition) is 5. The van der Waals surface area contributed by atoms with Gasteiger partial charge in [-0.1, -0.05) is 0 Å². The molecule has 0 bridgehead atoms. The third-order valence-electron chi connectivity index (χ3n) is 4.63. The minimum absolute atomic E-state index is 0. The van der Waals surface area contributed by atoms with Gasteiger partial charge in [-0.2, -0.15) is 5.26 Å². The highest BCUT2D eigenvalue weighted by atomic mass is 127. The van der Waals surface area contributed by atoms with Crippen molar-refractivity contribution in [1.82, 2.24) is 15.5 Å². The van der Waals surface area contributed by atoms with Gasteiger partial charge in [0, 0.05) is 44.0 Å². The first-order valence-corrected chi connectivity index (χ1v) is 11.5. The van der Waals surface area contributed by atoms with Crippen molar-refractivity contribution in [3.05, 3.63) is 35.1 Å². The zero-order valence-corrected chi connectivity index (χ0v) is 20.0. The number of sulfone groups is 1. The van der Waals surface area contributed by atoms with Gasteiger partial charge in [0.25, 0.3) is 0 Å². The van der Waals surface area contributed by atoms with Crippen molar-refractivity contribution in [2.24, 2.45) is 4.99 Å². The van der Waals surface area contributed by atoms with Crippen molar-refractivity contribution in [1.29, 1.82) is 5.26 Å². The van der Waals surface area contributed by atoms with Gasteiger partial charge < -0.3 is 15.5 Å². The molecule has 1 aliphatic rings. The third kappa shape index (κ3) is 9.27. The predicted octanol–water partition coefficient (Wildman–Crippen LogP) is 1.88. The molecule has 1 saturated heterocycles. The molecule has 0 aliphatic carbocycles. The summed E-state index contributed by atoms with van der Waals surface area (Å²) in [4.78, 5) is 6.61. The lowest BCUT2D eigenvalue weighted by molar-refractivity contribution is 0.216. The number of likely N-dealkylation sites (tertiary alicyclic amines) is 1. The number of benzene rings is 1. The van der Waals surface area contributed by atoms with E-state index in [1.165, 1.54) is 24.5 Å². The number of nitriles is 1. The van der Waals surface area contributed by atoms with E-state index >= 15 is 0 Å². The highest BCUT2D eigenvalue weighted by molar-refractivity contribution is 14.0. The van der Waals surface area contributed by atoms with Crippen LogP contribution in [-0.4, -0.2) is 63.5 Å². The Hall–Kier alpha value is -1.45. The number of rotatable bonds is 7. The van der Waals surface area contributed by atoms with Crippen LogP contribution in [-0.2, 0) is 16.4 Å². The van der Waals surface area contributed by atoms with Crippen LogP contribution in [0, 0.1) is 17.1 Å². The summed E-state index contributed by atoms with van der Waals surface area (Å²) in [5, 5.41) is 15.5. The Morgan fingerprint density at radius 1 is 1.38 bits per heavy atom. The van der Waals surface area contributed by atoms with E-state index in [0.29, 0.717) is 30.2 Å². The van der Waals surface area contributed by atoms with Gasteiger partial charge >= 0.3 is 0 Å².